The van der Waals surface area contributed by atoms with Crippen LogP contribution in [0.25, 0.3) is 16.7 Å². The van der Waals surface area contributed by atoms with E-state index in [2.05, 4.69) is 12.2 Å². The number of amides is 1. The van der Waals surface area contributed by atoms with Crippen molar-refractivity contribution in [2.75, 3.05) is 6.54 Å². The number of unbranched alkanes of at least 4 members (excludes halogenated alkanes) is 5. The fourth-order valence-corrected chi connectivity index (χ4v) is 3.93. The van der Waals surface area contributed by atoms with Gasteiger partial charge in [-0.25, -0.2) is 4.98 Å². The number of nitrogens with zero attached hydrogens (tertiary/aromatic N) is 3. The Morgan fingerprint density at radius 1 is 1.16 bits per heavy atom. The summed E-state index contributed by atoms with van der Waals surface area (Å²) in [5.74, 6) is -0.0286. The van der Waals surface area contributed by atoms with Gasteiger partial charge < -0.3 is 9.88 Å². The zero-order chi connectivity index (χ0) is 23.3. The van der Waals surface area contributed by atoms with Crippen molar-refractivity contribution < 1.29 is 4.79 Å². The van der Waals surface area contributed by atoms with E-state index in [1.165, 1.54) is 29.7 Å². The Balaban J connectivity index is 2.11. The molecule has 3 heterocycles. The summed E-state index contributed by atoms with van der Waals surface area (Å²) in [6.45, 7) is 9.22. The van der Waals surface area contributed by atoms with Crippen LogP contribution in [0.4, 0.5) is 0 Å². The molecule has 7 heteroatoms. The first-order chi connectivity index (χ1) is 15.3. The maximum atomic E-state index is 13.3. The molecule has 0 saturated heterocycles. The Kier molecular flexibility index (Phi) is 7.83. The number of pyridine rings is 2. The molecular formula is C25H35N5O2. The number of aryl methyl sites for hydroxylation is 2. The highest BCUT2D eigenvalue weighted by Crippen LogP contribution is 2.14. The van der Waals surface area contributed by atoms with Crippen molar-refractivity contribution in [2.24, 2.45) is 5.92 Å². The molecule has 0 fully saturated rings. The molecule has 0 unspecified atom stereocenters. The number of nitrogens with one attached hydrogen (secondary N) is 2. The summed E-state index contributed by atoms with van der Waals surface area (Å²) in [4.78, 5) is 31.0. The molecule has 3 aromatic heterocycles. The van der Waals surface area contributed by atoms with Crippen LogP contribution >= 0.6 is 0 Å². The highest BCUT2D eigenvalue weighted by molar-refractivity contribution is 5.96. The fourth-order valence-electron chi connectivity index (χ4n) is 3.93. The molecule has 0 aromatic carbocycles. The van der Waals surface area contributed by atoms with Gasteiger partial charge in [0.15, 0.2) is 0 Å². The van der Waals surface area contributed by atoms with Gasteiger partial charge in [-0.05, 0) is 37.0 Å². The zero-order valence-corrected chi connectivity index (χ0v) is 19.7. The maximum absolute atomic E-state index is 13.3. The van der Waals surface area contributed by atoms with Crippen LogP contribution in [0.1, 0.15) is 75.2 Å². The van der Waals surface area contributed by atoms with Crippen LogP contribution in [0.3, 0.4) is 0 Å². The monoisotopic (exact) mass is 437 g/mol. The van der Waals surface area contributed by atoms with Crippen LogP contribution in [0.2, 0.25) is 0 Å². The first-order valence-electron chi connectivity index (χ1n) is 11.7. The SMILES string of the molecule is CCCCCCCCn1c(=N)c(C(=O)NCC(C)C)cc2c(=O)n3cccc(C)c3nc21. The van der Waals surface area contributed by atoms with Gasteiger partial charge in [-0.1, -0.05) is 58.9 Å². The minimum atomic E-state index is -0.323. The van der Waals surface area contributed by atoms with E-state index in [0.29, 0.717) is 35.7 Å². The van der Waals surface area contributed by atoms with Gasteiger partial charge in [0, 0.05) is 19.3 Å². The number of fused-ring (bicyclic) bond motifs is 2. The normalized spacial score (nSPS) is 11.5. The van der Waals surface area contributed by atoms with E-state index in [1.807, 2.05) is 32.9 Å². The number of rotatable bonds is 10. The minimum absolute atomic E-state index is 0.108. The summed E-state index contributed by atoms with van der Waals surface area (Å²) in [5, 5.41) is 12.0. The maximum Gasteiger partial charge on any atom is 0.267 e. The summed E-state index contributed by atoms with van der Waals surface area (Å²) >= 11 is 0. The van der Waals surface area contributed by atoms with Gasteiger partial charge >= 0.3 is 0 Å². The van der Waals surface area contributed by atoms with Crippen LogP contribution in [-0.4, -0.2) is 26.4 Å². The predicted molar refractivity (Wildman–Crippen MR) is 128 cm³/mol. The van der Waals surface area contributed by atoms with E-state index in [4.69, 9.17) is 10.4 Å². The van der Waals surface area contributed by atoms with Crippen molar-refractivity contribution in [1.82, 2.24) is 19.3 Å². The summed E-state index contributed by atoms with van der Waals surface area (Å²) < 4.78 is 3.26. The third-order valence-corrected chi connectivity index (χ3v) is 5.78. The molecule has 0 atom stereocenters. The van der Waals surface area contributed by atoms with Gasteiger partial charge in [-0.15, -0.1) is 0 Å². The van der Waals surface area contributed by atoms with Gasteiger partial charge in [-0.3, -0.25) is 19.4 Å². The lowest BCUT2D eigenvalue weighted by Crippen LogP contribution is -2.36. The van der Waals surface area contributed by atoms with Crippen LogP contribution in [0, 0.1) is 18.3 Å². The molecule has 0 spiro atoms. The van der Waals surface area contributed by atoms with E-state index in [9.17, 15) is 9.59 Å². The largest absolute Gasteiger partial charge is 0.352 e. The molecule has 32 heavy (non-hydrogen) atoms. The van der Waals surface area contributed by atoms with E-state index in [-0.39, 0.29) is 22.5 Å². The number of hydrogen-bond acceptors (Lipinski definition) is 4. The van der Waals surface area contributed by atoms with Crippen molar-refractivity contribution >= 4 is 22.6 Å². The van der Waals surface area contributed by atoms with Gasteiger partial charge in [0.25, 0.3) is 11.5 Å². The van der Waals surface area contributed by atoms with Gasteiger partial charge in [0.1, 0.15) is 16.8 Å². The molecule has 0 saturated carbocycles. The second-order valence-electron chi connectivity index (χ2n) is 8.97. The Morgan fingerprint density at radius 2 is 1.88 bits per heavy atom. The van der Waals surface area contributed by atoms with Crippen LogP contribution < -0.4 is 16.4 Å². The molecule has 3 rings (SSSR count). The molecule has 0 radical (unpaired) electrons. The van der Waals surface area contributed by atoms with Crippen LogP contribution in [-0.2, 0) is 6.54 Å². The number of hydrogen-bond donors (Lipinski definition) is 2. The molecule has 0 bridgehead atoms. The molecule has 2 N–H and O–H groups in total. The second-order valence-corrected chi connectivity index (χ2v) is 8.97. The first kappa shape index (κ1) is 23.7. The topological polar surface area (TPSA) is 92.2 Å². The van der Waals surface area contributed by atoms with Crippen LogP contribution in [0.15, 0.2) is 29.2 Å². The summed E-state index contributed by atoms with van der Waals surface area (Å²) in [7, 11) is 0. The fraction of sp³-hybridized carbons (Fsp3) is 0.520. The van der Waals surface area contributed by atoms with Crippen molar-refractivity contribution in [2.45, 2.75) is 72.8 Å². The number of carbonyl (C=O) groups is 1. The van der Waals surface area contributed by atoms with Crippen molar-refractivity contribution in [3.8, 4) is 0 Å². The summed E-state index contributed by atoms with van der Waals surface area (Å²) in [6, 6.07) is 5.27. The highest BCUT2D eigenvalue weighted by atomic mass is 16.1. The van der Waals surface area contributed by atoms with Crippen molar-refractivity contribution in [3.63, 3.8) is 0 Å². The molecule has 172 valence electrons. The molecule has 1 amide bonds. The average Bonchev–Trinajstić information content (AvgIpc) is 2.76. The standard InChI is InChI=1S/C25H35N5O2/c1-5-6-7-8-9-10-13-29-21(26)19(24(31)27-16-17(2)3)15-20-23(29)28-22-18(4)12-11-14-30(22)25(20)32/h11-12,14-15,17,26H,5-10,13,16H2,1-4H3,(H,27,31). The van der Waals surface area contributed by atoms with Gasteiger partial charge in [0.05, 0.1) is 10.9 Å². The Hall–Kier alpha value is -2.96. The lowest BCUT2D eigenvalue weighted by atomic mass is 10.1. The average molecular weight is 438 g/mol. The first-order valence-corrected chi connectivity index (χ1v) is 11.7. The summed E-state index contributed by atoms with van der Waals surface area (Å²) in [5.41, 5.74) is 2.06. The predicted octanol–water partition coefficient (Wildman–Crippen LogP) is 4.18. The van der Waals surface area contributed by atoms with E-state index in [1.54, 1.807) is 10.8 Å². The van der Waals surface area contributed by atoms with Crippen LogP contribution in [0.5, 0.6) is 0 Å². The zero-order valence-electron chi connectivity index (χ0n) is 19.7. The quantitative estimate of drug-likeness (QED) is 0.368. The molecule has 0 aliphatic heterocycles. The van der Waals surface area contributed by atoms with E-state index >= 15 is 0 Å². The molecule has 7 nitrogen and oxygen atoms in total. The molecule has 0 aliphatic carbocycles. The number of carbonyl (C=O) groups excluding carboxylic acids is 1. The minimum Gasteiger partial charge on any atom is -0.352 e. The highest BCUT2D eigenvalue weighted by Gasteiger charge is 2.18. The van der Waals surface area contributed by atoms with Gasteiger partial charge in [0.2, 0.25) is 0 Å². The third kappa shape index (κ3) is 5.09. The smallest absolute Gasteiger partial charge is 0.267 e. The Labute approximate surface area is 189 Å². The van der Waals surface area contributed by atoms with Crippen molar-refractivity contribution in [3.05, 3.63) is 51.4 Å². The summed E-state index contributed by atoms with van der Waals surface area (Å²) in [6.07, 6.45) is 8.40. The third-order valence-electron chi connectivity index (χ3n) is 5.78. The lowest BCUT2D eigenvalue weighted by Gasteiger charge is -2.15. The van der Waals surface area contributed by atoms with E-state index in [0.717, 1.165) is 24.8 Å². The van der Waals surface area contributed by atoms with Gasteiger partial charge in [-0.2, -0.15) is 0 Å². The molecule has 3 aromatic rings. The Bertz CT molecular complexity index is 1220. The second kappa shape index (κ2) is 10.6. The molecular weight excluding hydrogens is 402 g/mol. The molecule has 0 aliphatic rings. The number of aromatic nitrogens is 3. The van der Waals surface area contributed by atoms with E-state index < -0.39 is 0 Å². The Morgan fingerprint density at radius 3 is 2.59 bits per heavy atom. The van der Waals surface area contributed by atoms with Crippen molar-refractivity contribution in [1.29, 1.82) is 5.41 Å². The lowest BCUT2D eigenvalue weighted by molar-refractivity contribution is 0.0946.